The lowest BCUT2D eigenvalue weighted by Crippen LogP contribution is -2.45. The van der Waals surface area contributed by atoms with Crippen LogP contribution in [0, 0.1) is 0 Å². The van der Waals surface area contributed by atoms with Crippen LogP contribution in [0.1, 0.15) is 47.8 Å². The Morgan fingerprint density at radius 2 is 2.04 bits per heavy atom. The van der Waals surface area contributed by atoms with E-state index in [1.807, 2.05) is 0 Å². The number of anilines is 1. The van der Waals surface area contributed by atoms with Crippen LogP contribution in [0.4, 0.5) is 5.82 Å². The standard InChI is InChI=1S/C15H20N6O2/c22-14(12-8-16-15(23)18-12)17-10-3-5-21(6-4-10)13-7-11(19-20-13)9-1-2-9/h7-10H,1-6H2,(H,17,22)(H,19,20)(H2,16,18,23). The van der Waals surface area contributed by atoms with Crippen molar-refractivity contribution in [3.8, 4) is 0 Å². The molecule has 0 unspecified atom stereocenters. The summed E-state index contributed by atoms with van der Waals surface area (Å²) >= 11 is 0. The molecule has 3 heterocycles. The molecule has 2 aromatic rings. The second-order valence-electron chi connectivity index (χ2n) is 6.35. The van der Waals surface area contributed by atoms with E-state index in [1.165, 1.54) is 24.7 Å². The first-order valence-corrected chi connectivity index (χ1v) is 8.08. The Balaban J connectivity index is 1.31. The summed E-state index contributed by atoms with van der Waals surface area (Å²) in [6.07, 6.45) is 5.65. The minimum atomic E-state index is -0.366. The van der Waals surface area contributed by atoms with Gasteiger partial charge in [-0.2, -0.15) is 5.10 Å². The number of carbonyl (C=O) groups excluding carboxylic acids is 1. The van der Waals surface area contributed by atoms with Crippen molar-refractivity contribution < 1.29 is 4.79 Å². The Hall–Kier alpha value is -2.51. The fraction of sp³-hybridized carbons (Fsp3) is 0.533. The smallest absolute Gasteiger partial charge is 0.323 e. The van der Waals surface area contributed by atoms with Gasteiger partial charge in [-0.1, -0.05) is 0 Å². The lowest BCUT2D eigenvalue weighted by atomic mass is 10.0. The number of amides is 1. The van der Waals surface area contributed by atoms with Gasteiger partial charge >= 0.3 is 5.69 Å². The second kappa shape index (κ2) is 5.60. The molecule has 2 aromatic heterocycles. The van der Waals surface area contributed by atoms with Gasteiger partial charge in [0.25, 0.3) is 5.91 Å². The van der Waals surface area contributed by atoms with Gasteiger partial charge in [0.05, 0.1) is 0 Å². The summed E-state index contributed by atoms with van der Waals surface area (Å²) in [5, 5.41) is 10.5. The molecule has 1 saturated carbocycles. The third-order valence-electron chi connectivity index (χ3n) is 4.60. The molecule has 1 saturated heterocycles. The van der Waals surface area contributed by atoms with Gasteiger partial charge in [0.2, 0.25) is 0 Å². The molecule has 0 spiro atoms. The number of hydrogen-bond donors (Lipinski definition) is 4. The number of carbonyl (C=O) groups is 1. The van der Waals surface area contributed by atoms with E-state index in [0.29, 0.717) is 5.92 Å². The lowest BCUT2D eigenvalue weighted by molar-refractivity contribution is 0.0926. The number of H-pyrrole nitrogens is 3. The zero-order valence-electron chi connectivity index (χ0n) is 12.8. The highest BCUT2D eigenvalue weighted by molar-refractivity contribution is 5.92. The molecule has 4 N–H and O–H groups in total. The van der Waals surface area contributed by atoms with Gasteiger partial charge in [-0.05, 0) is 25.7 Å². The molecule has 8 nitrogen and oxygen atoms in total. The third-order valence-corrected chi connectivity index (χ3v) is 4.60. The summed E-state index contributed by atoms with van der Waals surface area (Å²) in [7, 11) is 0. The molecule has 8 heteroatoms. The van der Waals surface area contributed by atoms with Crippen molar-refractivity contribution in [2.24, 2.45) is 0 Å². The fourth-order valence-corrected chi connectivity index (χ4v) is 3.06. The predicted octanol–water partition coefficient (Wildman–Crippen LogP) is 0.702. The van der Waals surface area contributed by atoms with Crippen molar-refractivity contribution in [3.05, 3.63) is 34.1 Å². The Bertz CT molecular complexity index is 748. The molecule has 0 atom stereocenters. The molecule has 1 amide bonds. The number of piperidine rings is 1. The van der Waals surface area contributed by atoms with Gasteiger partial charge in [0.1, 0.15) is 5.69 Å². The molecule has 23 heavy (non-hydrogen) atoms. The second-order valence-corrected chi connectivity index (χ2v) is 6.35. The average molecular weight is 316 g/mol. The molecular formula is C15H20N6O2. The van der Waals surface area contributed by atoms with Crippen LogP contribution in [0.5, 0.6) is 0 Å². The van der Waals surface area contributed by atoms with E-state index in [9.17, 15) is 9.59 Å². The highest BCUT2D eigenvalue weighted by atomic mass is 16.2. The van der Waals surface area contributed by atoms with Crippen LogP contribution < -0.4 is 15.9 Å². The summed E-state index contributed by atoms with van der Waals surface area (Å²) in [6, 6.07) is 2.28. The zero-order valence-corrected chi connectivity index (χ0v) is 12.8. The van der Waals surface area contributed by atoms with Crippen molar-refractivity contribution in [1.29, 1.82) is 0 Å². The van der Waals surface area contributed by atoms with Gasteiger partial charge < -0.3 is 20.2 Å². The zero-order chi connectivity index (χ0) is 15.8. The lowest BCUT2D eigenvalue weighted by Gasteiger charge is -2.32. The first-order valence-electron chi connectivity index (χ1n) is 8.08. The molecule has 4 rings (SSSR count). The number of nitrogens with zero attached hydrogens (tertiary/aromatic N) is 2. The average Bonchev–Trinajstić information content (AvgIpc) is 3.12. The monoisotopic (exact) mass is 316 g/mol. The van der Waals surface area contributed by atoms with Crippen LogP contribution in [0.15, 0.2) is 17.1 Å². The molecule has 1 aliphatic carbocycles. The summed E-state index contributed by atoms with van der Waals surface area (Å²) in [5.74, 6) is 1.45. The Morgan fingerprint density at radius 1 is 1.26 bits per heavy atom. The Morgan fingerprint density at radius 3 is 2.70 bits per heavy atom. The van der Waals surface area contributed by atoms with Crippen LogP contribution in [0.3, 0.4) is 0 Å². The number of nitrogens with one attached hydrogen (secondary N) is 4. The molecule has 2 aliphatic rings. The summed E-state index contributed by atoms with van der Waals surface area (Å²) in [5.41, 5.74) is 1.15. The maximum absolute atomic E-state index is 12.0. The normalized spacial score (nSPS) is 19.0. The molecule has 1 aliphatic heterocycles. The SMILES string of the molecule is O=C(NC1CCN(c2cc(C3CC3)[nH]n2)CC1)c1c[nH]c(=O)[nH]1. The fourth-order valence-electron chi connectivity index (χ4n) is 3.06. The quantitative estimate of drug-likeness (QED) is 0.665. The Labute approximate surface area is 132 Å². The summed E-state index contributed by atoms with van der Waals surface area (Å²) < 4.78 is 0. The van der Waals surface area contributed by atoms with Gasteiger partial charge in [-0.3, -0.25) is 9.89 Å². The highest BCUT2D eigenvalue weighted by Gasteiger charge is 2.27. The predicted molar refractivity (Wildman–Crippen MR) is 84.7 cm³/mol. The van der Waals surface area contributed by atoms with Gasteiger partial charge in [-0.25, -0.2) is 4.79 Å². The van der Waals surface area contributed by atoms with Crippen LogP contribution in [0.2, 0.25) is 0 Å². The summed E-state index contributed by atoms with van der Waals surface area (Å²) in [6.45, 7) is 1.73. The number of rotatable bonds is 4. The van der Waals surface area contributed by atoms with E-state index in [2.05, 4.69) is 36.4 Å². The Kier molecular flexibility index (Phi) is 3.44. The van der Waals surface area contributed by atoms with Crippen molar-refractivity contribution in [2.45, 2.75) is 37.6 Å². The minimum absolute atomic E-state index is 0.124. The van der Waals surface area contributed by atoms with Gasteiger partial charge in [-0.15, -0.1) is 0 Å². The number of hydrogen-bond acceptors (Lipinski definition) is 4. The van der Waals surface area contributed by atoms with Gasteiger partial charge in [0.15, 0.2) is 5.82 Å². The van der Waals surface area contributed by atoms with E-state index in [4.69, 9.17) is 0 Å². The molecular weight excluding hydrogens is 296 g/mol. The number of imidazole rings is 1. The highest BCUT2D eigenvalue weighted by Crippen LogP contribution is 2.40. The summed E-state index contributed by atoms with van der Waals surface area (Å²) in [4.78, 5) is 30.2. The van der Waals surface area contributed by atoms with Crippen molar-refractivity contribution in [3.63, 3.8) is 0 Å². The van der Waals surface area contributed by atoms with Gasteiger partial charge in [0, 0.05) is 43.0 Å². The van der Waals surface area contributed by atoms with Crippen LogP contribution >= 0.6 is 0 Å². The third kappa shape index (κ3) is 3.01. The molecule has 0 aromatic carbocycles. The topological polar surface area (TPSA) is 110 Å². The molecule has 0 bridgehead atoms. The first-order chi connectivity index (χ1) is 11.2. The molecule has 122 valence electrons. The largest absolute Gasteiger partial charge is 0.355 e. The van der Waals surface area contributed by atoms with E-state index >= 15 is 0 Å². The van der Waals surface area contributed by atoms with E-state index < -0.39 is 0 Å². The number of aromatic nitrogens is 4. The van der Waals surface area contributed by atoms with Crippen LogP contribution in [0.25, 0.3) is 0 Å². The van der Waals surface area contributed by atoms with Crippen LogP contribution in [-0.4, -0.2) is 45.2 Å². The maximum atomic E-state index is 12.0. The van der Waals surface area contributed by atoms with E-state index in [1.54, 1.807) is 0 Å². The maximum Gasteiger partial charge on any atom is 0.323 e. The first kappa shape index (κ1) is 14.1. The van der Waals surface area contributed by atoms with Crippen molar-refractivity contribution >= 4 is 11.7 Å². The van der Waals surface area contributed by atoms with Crippen LogP contribution in [-0.2, 0) is 0 Å². The van der Waals surface area contributed by atoms with E-state index in [0.717, 1.165) is 31.7 Å². The van der Waals surface area contributed by atoms with E-state index in [-0.39, 0.29) is 23.3 Å². The molecule has 0 radical (unpaired) electrons. The van der Waals surface area contributed by atoms with Crippen molar-refractivity contribution in [1.82, 2.24) is 25.5 Å². The minimum Gasteiger partial charge on any atom is -0.355 e. The van der Waals surface area contributed by atoms with Crippen molar-refractivity contribution in [2.75, 3.05) is 18.0 Å². The molecule has 2 fully saturated rings. The number of aromatic amines is 3.